The van der Waals surface area contributed by atoms with Crippen LogP contribution in [0.4, 0.5) is 43.4 Å². The number of rotatable bonds is 6. The highest BCUT2D eigenvalue weighted by molar-refractivity contribution is 5.47. The number of alkyl halides is 6. The third-order valence-corrected chi connectivity index (χ3v) is 3.88. The van der Waals surface area contributed by atoms with E-state index >= 15 is 0 Å². The SMILES string of the molecule is Cc1cc(N)c(C)nc1OC(F)F.Cc1nc(OC(F)F)ccc1N.Nc1ccc(OC(F)F)nc1. The summed E-state index contributed by atoms with van der Waals surface area (Å²) in [6, 6.07) is 7.04. The molecule has 198 valence electrons. The Kier molecular flexibility index (Phi) is 11.8. The zero-order chi connectivity index (χ0) is 27.4. The molecule has 0 aromatic carbocycles. The van der Waals surface area contributed by atoms with Gasteiger partial charge in [0, 0.05) is 17.7 Å². The number of hydrogen-bond donors (Lipinski definition) is 3. The van der Waals surface area contributed by atoms with Crippen molar-refractivity contribution in [2.75, 3.05) is 17.2 Å². The Labute approximate surface area is 202 Å². The minimum atomic E-state index is -2.85. The number of nitrogens with zero attached hydrogens (tertiary/aromatic N) is 3. The molecule has 0 spiro atoms. The fourth-order valence-electron chi connectivity index (χ4n) is 2.17. The van der Waals surface area contributed by atoms with Crippen molar-refractivity contribution in [2.45, 2.75) is 40.6 Å². The van der Waals surface area contributed by atoms with Crippen LogP contribution in [0.3, 0.4) is 0 Å². The minimum absolute atomic E-state index is 0.0679. The van der Waals surface area contributed by atoms with Crippen LogP contribution in [0.2, 0.25) is 0 Å². The van der Waals surface area contributed by atoms with Gasteiger partial charge >= 0.3 is 19.8 Å². The first kappa shape index (κ1) is 29.9. The van der Waals surface area contributed by atoms with Crippen molar-refractivity contribution >= 4 is 17.1 Å². The Morgan fingerprint density at radius 3 is 1.69 bits per heavy atom. The predicted molar refractivity (Wildman–Crippen MR) is 120 cm³/mol. The molecule has 0 unspecified atom stereocenters. The molecule has 3 rings (SSSR count). The van der Waals surface area contributed by atoms with Crippen LogP contribution in [0.5, 0.6) is 17.6 Å². The van der Waals surface area contributed by atoms with Gasteiger partial charge in [0.2, 0.25) is 17.6 Å². The maximum absolute atomic E-state index is 11.8. The van der Waals surface area contributed by atoms with Crippen LogP contribution >= 0.6 is 0 Å². The maximum atomic E-state index is 11.8. The summed E-state index contributed by atoms with van der Waals surface area (Å²) >= 11 is 0. The van der Waals surface area contributed by atoms with Crippen molar-refractivity contribution in [2.24, 2.45) is 0 Å². The molecule has 0 atom stereocenters. The van der Waals surface area contributed by atoms with Crippen LogP contribution in [-0.4, -0.2) is 34.8 Å². The molecule has 0 aliphatic carbocycles. The highest BCUT2D eigenvalue weighted by atomic mass is 19.3. The van der Waals surface area contributed by atoms with Gasteiger partial charge in [-0.25, -0.2) is 15.0 Å². The van der Waals surface area contributed by atoms with Gasteiger partial charge in [0.1, 0.15) is 0 Å². The number of halogens is 6. The minimum Gasteiger partial charge on any atom is -0.417 e. The topological polar surface area (TPSA) is 144 Å². The molecule has 0 aliphatic heterocycles. The number of aromatic nitrogens is 3. The Bertz CT molecular complexity index is 1090. The van der Waals surface area contributed by atoms with Crippen LogP contribution in [-0.2, 0) is 0 Å². The van der Waals surface area contributed by atoms with Gasteiger partial charge in [0.25, 0.3) is 0 Å². The zero-order valence-corrected chi connectivity index (χ0v) is 19.3. The molecule has 0 radical (unpaired) electrons. The molecule has 15 heteroatoms. The fourth-order valence-corrected chi connectivity index (χ4v) is 2.17. The second-order valence-corrected chi connectivity index (χ2v) is 6.67. The second kappa shape index (κ2) is 14.3. The van der Waals surface area contributed by atoms with Crippen LogP contribution in [0.25, 0.3) is 0 Å². The van der Waals surface area contributed by atoms with E-state index in [-0.39, 0.29) is 17.6 Å². The second-order valence-electron chi connectivity index (χ2n) is 6.67. The quantitative estimate of drug-likeness (QED) is 0.392. The molecule has 0 bridgehead atoms. The van der Waals surface area contributed by atoms with Gasteiger partial charge in [-0.3, -0.25) is 0 Å². The van der Waals surface area contributed by atoms with Crippen molar-refractivity contribution in [3.8, 4) is 17.6 Å². The van der Waals surface area contributed by atoms with Gasteiger partial charge in [-0.15, -0.1) is 0 Å². The molecule has 0 saturated heterocycles. The Hall–Kier alpha value is -4.17. The molecule has 0 aliphatic rings. The highest BCUT2D eigenvalue weighted by Gasteiger charge is 2.10. The number of aryl methyl sites for hydroxylation is 3. The van der Waals surface area contributed by atoms with Crippen molar-refractivity contribution < 1.29 is 40.6 Å². The highest BCUT2D eigenvalue weighted by Crippen LogP contribution is 2.21. The standard InChI is InChI=1S/C8H10F2N2O.C7H8F2N2O.C6H6F2N2O/c1-4-3-6(11)5(2)12-7(4)13-8(9)10;1-4-5(10)2-3-6(11-4)12-7(8)9;7-6(8)11-5-2-1-4(9)3-10-5/h3,8H,11H2,1-2H3;2-3,7H,10H2,1H3;1-3,6H,9H2. The first-order chi connectivity index (χ1) is 16.8. The van der Waals surface area contributed by atoms with Gasteiger partial charge in [0.15, 0.2) is 0 Å². The molecule has 0 amide bonds. The molecular formula is C21H24F6N6O3. The van der Waals surface area contributed by atoms with E-state index in [9.17, 15) is 26.3 Å². The lowest BCUT2D eigenvalue weighted by Crippen LogP contribution is -2.06. The Morgan fingerprint density at radius 2 is 1.19 bits per heavy atom. The molecule has 3 aromatic rings. The number of ether oxygens (including phenoxy) is 3. The van der Waals surface area contributed by atoms with E-state index in [0.29, 0.717) is 34.0 Å². The average Bonchev–Trinajstić information content (AvgIpc) is 2.76. The average molecular weight is 522 g/mol. The van der Waals surface area contributed by atoms with Crippen LogP contribution in [0, 0.1) is 20.8 Å². The molecular weight excluding hydrogens is 498 g/mol. The summed E-state index contributed by atoms with van der Waals surface area (Å²) in [7, 11) is 0. The summed E-state index contributed by atoms with van der Waals surface area (Å²) in [6.45, 7) is -3.68. The van der Waals surface area contributed by atoms with Crippen molar-refractivity contribution in [1.82, 2.24) is 15.0 Å². The van der Waals surface area contributed by atoms with E-state index in [1.54, 1.807) is 26.8 Å². The number of nitrogens with two attached hydrogens (primary N) is 3. The normalized spacial score (nSPS) is 10.3. The summed E-state index contributed by atoms with van der Waals surface area (Å²) in [6.07, 6.45) is 1.25. The van der Waals surface area contributed by atoms with E-state index in [0.717, 1.165) is 0 Å². The van der Waals surface area contributed by atoms with Crippen LogP contribution < -0.4 is 31.4 Å². The molecule has 3 aromatic heterocycles. The molecule has 0 saturated carbocycles. The maximum Gasteiger partial charge on any atom is 0.388 e. The number of nitrogen functional groups attached to an aromatic ring is 3. The molecule has 36 heavy (non-hydrogen) atoms. The van der Waals surface area contributed by atoms with E-state index in [2.05, 4.69) is 29.2 Å². The fraction of sp³-hybridized carbons (Fsp3) is 0.286. The summed E-state index contributed by atoms with van der Waals surface area (Å²) in [4.78, 5) is 11.0. The summed E-state index contributed by atoms with van der Waals surface area (Å²) < 4.78 is 82.3. The molecule has 9 nitrogen and oxygen atoms in total. The van der Waals surface area contributed by atoms with E-state index in [4.69, 9.17) is 17.2 Å². The lowest BCUT2D eigenvalue weighted by atomic mass is 10.2. The van der Waals surface area contributed by atoms with Gasteiger partial charge in [-0.2, -0.15) is 26.3 Å². The number of anilines is 3. The molecule has 6 N–H and O–H groups in total. The van der Waals surface area contributed by atoms with E-state index in [1.165, 1.54) is 30.5 Å². The summed E-state index contributed by atoms with van der Waals surface area (Å²) in [5.74, 6) is -0.312. The van der Waals surface area contributed by atoms with E-state index in [1.807, 2.05) is 0 Å². The molecule has 0 fully saturated rings. The number of hydrogen-bond acceptors (Lipinski definition) is 9. The Balaban J connectivity index is 0.000000271. The third kappa shape index (κ3) is 11.3. The third-order valence-electron chi connectivity index (χ3n) is 3.88. The van der Waals surface area contributed by atoms with Crippen LogP contribution in [0.1, 0.15) is 17.0 Å². The van der Waals surface area contributed by atoms with Crippen molar-refractivity contribution in [3.05, 3.63) is 53.5 Å². The first-order valence-corrected chi connectivity index (χ1v) is 9.81. The van der Waals surface area contributed by atoms with Gasteiger partial charge in [0.05, 0.1) is 34.6 Å². The van der Waals surface area contributed by atoms with Gasteiger partial charge < -0.3 is 31.4 Å². The first-order valence-electron chi connectivity index (χ1n) is 9.81. The van der Waals surface area contributed by atoms with Gasteiger partial charge in [-0.1, -0.05) is 0 Å². The largest absolute Gasteiger partial charge is 0.417 e. The predicted octanol–water partition coefficient (Wildman–Crippen LogP) is 4.72. The van der Waals surface area contributed by atoms with E-state index < -0.39 is 19.8 Å². The zero-order valence-electron chi connectivity index (χ0n) is 19.3. The Morgan fingerprint density at radius 1 is 0.667 bits per heavy atom. The van der Waals surface area contributed by atoms with Crippen LogP contribution in [0.15, 0.2) is 36.5 Å². The monoisotopic (exact) mass is 522 g/mol. The molecule has 3 heterocycles. The summed E-state index contributed by atoms with van der Waals surface area (Å²) in [5, 5.41) is 0. The van der Waals surface area contributed by atoms with Crippen molar-refractivity contribution in [3.63, 3.8) is 0 Å². The number of pyridine rings is 3. The lowest BCUT2D eigenvalue weighted by Gasteiger charge is -2.08. The van der Waals surface area contributed by atoms with Crippen molar-refractivity contribution in [1.29, 1.82) is 0 Å². The van der Waals surface area contributed by atoms with Gasteiger partial charge in [-0.05, 0) is 39.0 Å². The summed E-state index contributed by atoms with van der Waals surface area (Å²) in [5.41, 5.74) is 19.0. The lowest BCUT2D eigenvalue weighted by molar-refractivity contribution is -0.0539. The smallest absolute Gasteiger partial charge is 0.388 e.